The molecule has 0 saturated heterocycles. The largest absolute Gasteiger partial charge is 0.491 e. The van der Waals surface area contributed by atoms with Gasteiger partial charge in [-0.25, -0.2) is 0 Å². The molecule has 0 bridgehead atoms. The van der Waals surface area contributed by atoms with Crippen molar-refractivity contribution in [2.45, 2.75) is 25.1 Å². The number of anilines is 1. The number of ether oxygens (including phenoxy) is 1. The summed E-state index contributed by atoms with van der Waals surface area (Å²) in [5, 5.41) is 24.5. The smallest absolute Gasteiger partial charge is 0.255 e. The van der Waals surface area contributed by atoms with Crippen molar-refractivity contribution in [3.63, 3.8) is 0 Å². The summed E-state index contributed by atoms with van der Waals surface area (Å²) in [4.78, 5) is 14.6. The quantitative estimate of drug-likeness (QED) is 0.209. The number of hydrogen-bond acceptors (Lipinski definition) is 5. The Morgan fingerprint density at radius 2 is 1.56 bits per heavy atom. The molecule has 0 aliphatic carbocycles. The van der Waals surface area contributed by atoms with Crippen LogP contribution in [0.5, 0.6) is 5.75 Å². The molecule has 0 unspecified atom stereocenters. The van der Waals surface area contributed by atoms with Crippen LogP contribution in [-0.4, -0.2) is 52.9 Å². The van der Waals surface area contributed by atoms with Gasteiger partial charge in [0.05, 0.1) is 6.61 Å². The molecule has 0 radical (unpaired) electrons. The average Bonchev–Trinajstić information content (AvgIpc) is 2.96. The highest BCUT2D eigenvalue weighted by molar-refractivity contribution is 6.31. The van der Waals surface area contributed by atoms with E-state index in [1.807, 2.05) is 84.9 Å². The number of aliphatic hydroxyl groups excluding tert-OH is 2. The number of hydrogen-bond donors (Lipinski definition) is 3. The summed E-state index contributed by atoms with van der Waals surface area (Å²) in [6, 6.07) is 33.5. The molecule has 4 aromatic carbocycles. The maximum Gasteiger partial charge on any atom is 0.255 e. The summed E-state index contributed by atoms with van der Waals surface area (Å²) < 4.78 is 5.75. The number of aliphatic hydroxyl groups is 2. The van der Waals surface area contributed by atoms with Crippen molar-refractivity contribution in [2.75, 3.05) is 25.1 Å². The SMILES string of the molecule is O=C(Nc1ccc(C[C@@H](CO)N(Cc2ccccc2)C[C@H](O)COc2ccccc2)cc1)c1cccc(Cl)c1. The molecule has 4 rings (SSSR count). The van der Waals surface area contributed by atoms with Gasteiger partial charge in [0.15, 0.2) is 0 Å². The van der Waals surface area contributed by atoms with Crippen molar-refractivity contribution < 1.29 is 19.7 Å². The third-order valence-electron chi connectivity index (χ3n) is 6.36. The second-order valence-corrected chi connectivity index (χ2v) is 9.83. The molecule has 2 atom stereocenters. The number of amides is 1. The summed E-state index contributed by atoms with van der Waals surface area (Å²) >= 11 is 6.00. The molecule has 0 aliphatic rings. The van der Waals surface area contributed by atoms with E-state index in [1.54, 1.807) is 24.3 Å². The zero-order valence-corrected chi connectivity index (χ0v) is 22.4. The fourth-order valence-corrected chi connectivity index (χ4v) is 4.52. The first-order valence-electron chi connectivity index (χ1n) is 12.9. The third kappa shape index (κ3) is 8.94. The van der Waals surface area contributed by atoms with Gasteiger partial charge in [-0.15, -0.1) is 0 Å². The molecule has 0 aliphatic heterocycles. The summed E-state index contributed by atoms with van der Waals surface area (Å²) in [6.45, 7) is 0.976. The van der Waals surface area contributed by atoms with Crippen LogP contribution in [0, 0.1) is 0 Å². The van der Waals surface area contributed by atoms with E-state index in [-0.39, 0.29) is 25.2 Å². The number of halogens is 1. The van der Waals surface area contributed by atoms with Crippen molar-refractivity contribution in [1.29, 1.82) is 0 Å². The van der Waals surface area contributed by atoms with Crippen molar-refractivity contribution >= 4 is 23.2 Å². The van der Waals surface area contributed by atoms with Crippen molar-refractivity contribution in [2.24, 2.45) is 0 Å². The highest BCUT2D eigenvalue weighted by atomic mass is 35.5. The lowest BCUT2D eigenvalue weighted by Gasteiger charge is -2.32. The van der Waals surface area contributed by atoms with Crippen LogP contribution in [0.4, 0.5) is 5.69 Å². The Morgan fingerprint density at radius 3 is 2.23 bits per heavy atom. The minimum Gasteiger partial charge on any atom is -0.491 e. The summed E-state index contributed by atoms with van der Waals surface area (Å²) in [6.07, 6.45) is -0.176. The number of nitrogens with zero attached hydrogens (tertiary/aromatic N) is 1. The Hall–Kier alpha value is -3.68. The minimum atomic E-state index is -0.743. The van der Waals surface area contributed by atoms with E-state index in [0.29, 0.717) is 41.5 Å². The maximum absolute atomic E-state index is 12.5. The first kappa shape index (κ1) is 28.3. The molecule has 0 aromatic heterocycles. The molecule has 0 spiro atoms. The van der Waals surface area contributed by atoms with Crippen molar-refractivity contribution in [1.82, 2.24) is 4.90 Å². The Balaban J connectivity index is 1.41. The lowest BCUT2D eigenvalue weighted by Crippen LogP contribution is -2.44. The fraction of sp³-hybridized carbons (Fsp3) is 0.219. The van der Waals surface area contributed by atoms with Gasteiger partial charge in [-0.1, -0.05) is 78.3 Å². The zero-order chi connectivity index (χ0) is 27.5. The van der Waals surface area contributed by atoms with E-state index in [4.69, 9.17) is 16.3 Å². The number of carbonyl (C=O) groups is 1. The van der Waals surface area contributed by atoms with Gasteiger partial charge in [0.2, 0.25) is 0 Å². The predicted octanol–water partition coefficient (Wildman–Crippen LogP) is 5.44. The summed E-state index contributed by atoms with van der Waals surface area (Å²) in [5.74, 6) is 0.464. The molecule has 202 valence electrons. The van der Waals surface area contributed by atoms with Gasteiger partial charge in [0.1, 0.15) is 18.5 Å². The molecule has 7 heteroatoms. The molecule has 0 saturated carbocycles. The van der Waals surface area contributed by atoms with Crippen LogP contribution < -0.4 is 10.1 Å². The molecule has 39 heavy (non-hydrogen) atoms. The van der Waals surface area contributed by atoms with E-state index in [0.717, 1.165) is 11.1 Å². The van der Waals surface area contributed by atoms with Crippen LogP contribution in [0.3, 0.4) is 0 Å². The molecule has 0 heterocycles. The lowest BCUT2D eigenvalue weighted by atomic mass is 10.0. The van der Waals surface area contributed by atoms with Crippen LogP contribution in [0.25, 0.3) is 0 Å². The third-order valence-corrected chi connectivity index (χ3v) is 6.59. The topological polar surface area (TPSA) is 82.0 Å². The number of carbonyl (C=O) groups excluding carboxylic acids is 1. The fourth-order valence-electron chi connectivity index (χ4n) is 4.33. The number of para-hydroxylation sites is 1. The van der Waals surface area contributed by atoms with Crippen molar-refractivity contribution in [3.8, 4) is 5.75 Å². The average molecular weight is 545 g/mol. The van der Waals surface area contributed by atoms with E-state index in [2.05, 4.69) is 10.2 Å². The monoisotopic (exact) mass is 544 g/mol. The van der Waals surface area contributed by atoms with Gasteiger partial charge >= 0.3 is 0 Å². The van der Waals surface area contributed by atoms with Crippen LogP contribution in [0.15, 0.2) is 109 Å². The van der Waals surface area contributed by atoms with Crippen LogP contribution in [-0.2, 0) is 13.0 Å². The number of benzene rings is 4. The summed E-state index contributed by atoms with van der Waals surface area (Å²) in [7, 11) is 0. The number of nitrogens with one attached hydrogen (secondary N) is 1. The minimum absolute atomic E-state index is 0.0770. The Labute approximate surface area is 234 Å². The van der Waals surface area contributed by atoms with Crippen LogP contribution >= 0.6 is 11.6 Å². The van der Waals surface area contributed by atoms with E-state index in [1.165, 1.54) is 0 Å². The van der Waals surface area contributed by atoms with E-state index in [9.17, 15) is 15.0 Å². The van der Waals surface area contributed by atoms with Gasteiger partial charge in [-0.2, -0.15) is 0 Å². The van der Waals surface area contributed by atoms with E-state index >= 15 is 0 Å². The molecule has 3 N–H and O–H groups in total. The van der Waals surface area contributed by atoms with Gasteiger partial charge in [-0.3, -0.25) is 9.69 Å². The second kappa shape index (κ2) is 14.5. The first-order valence-corrected chi connectivity index (χ1v) is 13.3. The lowest BCUT2D eigenvalue weighted by molar-refractivity contribution is 0.0335. The Bertz CT molecular complexity index is 1300. The molecular weight excluding hydrogens is 512 g/mol. The molecular formula is C32H33ClN2O4. The molecule has 1 amide bonds. The molecule has 6 nitrogen and oxygen atoms in total. The second-order valence-electron chi connectivity index (χ2n) is 9.39. The standard InChI is InChI=1S/C32H33ClN2O4/c33-27-11-7-10-26(19-27)32(38)34-28-16-14-24(15-17-28)18-29(22-36)35(20-25-8-3-1-4-9-25)21-30(37)23-39-31-12-5-2-6-13-31/h1-17,19,29-30,36-37H,18,20-23H2,(H,34,38)/t29-,30-/m0/s1. The van der Waals surface area contributed by atoms with Crippen LogP contribution in [0.1, 0.15) is 21.5 Å². The van der Waals surface area contributed by atoms with Crippen molar-refractivity contribution in [3.05, 3.63) is 131 Å². The number of rotatable bonds is 13. The Morgan fingerprint density at radius 1 is 0.872 bits per heavy atom. The van der Waals surface area contributed by atoms with Gasteiger partial charge < -0.3 is 20.3 Å². The van der Waals surface area contributed by atoms with Gasteiger partial charge in [-0.05, 0) is 60.0 Å². The van der Waals surface area contributed by atoms with Crippen LogP contribution in [0.2, 0.25) is 5.02 Å². The first-order chi connectivity index (χ1) is 19.0. The predicted molar refractivity (Wildman–Crippen MR) is 155 cm³/mol. The molecule has 0 fully saturated rings. The highest BCUT2D eigenvalue weighted by Gasteiger charge is 2.22. The zero-order valence-electron chi connectivity index (χ0n) is 21.6. The van der Waals surface area contributed by atoms with Gasteiger partial charge in [0, 0.05) is 35.4 Å². The Kier molecular flexibility index (Phi) is 10.5. The van der Waals surface area contributed by atoms with E-state index < -0.39 is 6.10 Å². The highest BCUT2D eigenvalue weighted by Crippen LogP contribution is 2.18. The summed E-state index contributed by atoms with van der Waals surface area (Å²) in [5.41, 5.74) is 3.24. The van der Waals surface area contributed by atoms with Gasteiger partial charge in [0.25, 0.3) is 5.91 Å². The molecule has 4 aromatic rings. The maximum atomic E-state index is 12.5. The normalized spacial score (nSPS) is 12.6.